The predicted octanol–water partition coefficient (Wildman–Crippen LogP) is 3.66. The molecular formula is C15H16O. The van der Waals surface area contributed by atoms with E-state index in [4.69, 9.17) is 4.74 Å². The Balaban J connectivity index is 2.16. The van der Waals surface area contributed by atoms with Gasteiger partial charge in [-0.3, -0.25) is 0 Å². The van der Waals surface area contributed by atoms with Gasteiger partial charge in [0.05, 0.1) is 0 Å². The summed E-state index contributed by atoms with van der Waals surface area (Å²) >= 11 is 0. The number of ether oxygens (including phenoxy) is 1. The third-order valence-electron chi connectivity index (χ3n) is 3.41. The molecule has 0 aromatic heterocycles. The van der Waals surface area contributed by atoms with Crippen LogP contribution in [0.1, 0.15) is 29.5 Å². The van der Waals surface area contributed by atoms with Crippen molar-refractivity contribution in [2.24, 2.45) is 0 Å². The quantitative estimate of drug-likeness (QED) is 0.637. The molecule has 0 radical (unpaired) electrons. The second-order valence-electron chi connectivity index (χ2n) is 4.88. The average Bonchev–Trinajstić information content (AvgIpc) is 2.57. The van der Waals surface area contributed by atoms with E-state index in [2.05, 4.69) is 51.1 Å². The normalized spacial score (nSPS) is 25.8. The highest BCUT2D eigenvalue weighted by Gasteiger charge is 2.33. The van der Waals surface area contributed by atoms with Gasteiger partial charge in [0, 0.05) is 11.5 Å². The maximum Gasteiger partial charge on any atom is 0.128 e. The summed E-state index contributed by atoms with van der Waals surface area (Å²) in [4.78, 5) is 0. The summed E-state index contributed by atoms with van der Waals surface area (Å²) in [5.74, 6) is 1.51. The molecular weight excluding hydrogens is 196 g/mol. The Bertz CT molecular complexity index is 508. The first kappa shape index (κ1) is 9.71. The molecule has 1 heterocycles. The molecule has 0 saturated carbocycles. The first-order valence-corrected chi connectivity index (χ1v) is 5.79. The summed E-state index contributed by atoms with van der Waals surface area (Å²) < 4.78 is 6.01. The van der Waals surface area contributed by atoms with Gasteiger partial charge in [-0.05, 0) is 32.4 Å². The molecule has 82 valence electrons. The van der Waals surface area contributed by atoms with E-state index in [1.54, 1.807) is 0 Å². The highest BCUT2D eigenvalue weighted by Crippen LogP contribution is 2.44. The van der Waals surface area contributed by atoms with Crippen LogP contribution in [0.15, 0.2) is 35.9 Å². The van der Waals surface area contributed by atoms with E-state index >= 15 is 0 Å². The van der Waals surface area contributed by atoms with Gasteiger partial charge in [-0.2, -0.15) is 0 Å². The van der Waals surface area contributed by atoms with E-state index in [0.29, 0.717) is 5.92 Å². The molecule has 0 saturated heterocycles. The van der Waals surface area contributed by atoms with Gasteiger partial charge >= 0.3 is 0 Å². The lowest BCUT2D eigenvalue weighted by Gasteiger charge is -2.16. The zero-order chi connectivity index (χ0) is 11.3. The van der Waals surface area contributed by atoms with E-state index in [1.165, 1.54) is 22.3 Å². The predicted molar refractivity (Wildman–Crippen MR) is 66.0 cm³/mol. The van der Waals surface area contributed by atoms with Gasteiger partial charge < -0.3 is 4.74 Å². The molecule has 1 heteroatoms. The topological polar surface area (TPSA) is 9.23 Å². The summed E-state index contributed by atoms with van der Waals surface area (Å²) in [7, 11) is 0. The van der Waals surface area contributed by atoms with Crippen molar-refractivity contribution in [3.63, 3.8) is 0 Å². The van der Waals surface area contributed by atoms with Gasteiger partial charge in [0.1, 0.15) is 11.9 Å². The summed E-state index contributed by atoms with van der Waals surface area (Å²) in [5, 5.41) is 0. The van der Waals surface area contributed by atoms with E-state index in [-0.39, 0.29) is 6.10 Å². The Kier molecular flexibility index (Phi) is 1.97. The van der Waals surface area contributed by atoms with Gasteiger partial charge in [-0.15, -0.1) is 0 Å². The Hall–Kier alpha value is -1.50. The SMILES string of the molecule is CC1=CC2c3cc(C)cc(C)c3OC2C=C1. The molecule has 3 rings (SSSR count). The average molecular weight is 212 g/mol. The lowest BCUT2D eigenvalue weighted by molar-refractivity contribution is 0.267. The number of aryl methyl sites for hydroxylation is 2. The number of fused-ring (bicyclic) bond motifs is 3. The van der Waals surface area contributed by atoms with Crippen LogP contribution in [0.5, 0.6) is 5.75 Å². The second kappa shape index (κ2) is 3.24. The molecule has 2 atom stereocenters. The molecule has 0 fully saturated rings. The molecule has 1 aromatic rings. The van der Waals surface area contributed by atoms with Crippen LogP contribution in [0.3, 0.4) is 0 Å². The van der Waals surface area contributed by atoms with E-state index in [1.807, 2.05) is 0 Å². The zero-order valence-electron chi connectivity index (χ0n) is 9.95. The highest BCUT2D eigenvalue weighted by molar-refractivity contribution is 5.53. The van der Waals surface area contributed by atoms with Crippen molar-refractivity contribution >= 4 is 0 Å². The van der Waals surface area contributed by atoms with Gasteiger partial charge in [-0.25, -0.2) is 0 Å². The first-order chi connectivity index (χ1) is 7.65. The number of hydrogen-bond donors (Lipinski definition) is 0. The standard InChI is InChI=1S/C15H16O/c1-9-4-5-14-12(7-9)13-8-10(2)6-11(3)15(13)16-14/h4-8,12,14H,1-3H3. The van der Waals surface area contributed by atoms with Crippen molar-refractivity contribution < 1.29 is 4.74 Å². The summed E-state index contributed by atoms with van der Waals surface area (Å²) in [6.45, 7) is 6.42. The first-order valence-electron chi connectivity index (χ1n) is 5.79. The largest absolute Gasteiger partial charge is 0.485 e. The molecule has 1 aromatic carbocycles. The van der Waals surface area contributed by atoms with Crippen LogP contribution >= 0.6 is 0 Å². The third-order valence-corrected chi connectivity index (χ3v) is 3.41. The fraction of sp³-hybridized carbons (Fsp3) is 0.333. The van der Waals surface area contributed by atoms with Crippen LogP contribution in [0, 0.1) is 13.8 Å². The van der Waals surface area contributed by atoms with Crippen molar-refractivity contribution in [2.45, 2.75) is 32.8 Å². The van der Waals surface area contributed by atoms with Crippen molar-refractivity contribution in [3.05, 3.63) is 52.6 Å². The Labute approximate surface area is 96.4 Å². The highest BCUT2D eigenvalue weighted by atomic mass is 16.5. The van der Waals surface area contributed by atoms with Gasteiger partial charge in [0.2, 0.25) is 0 Å². The van der Waals surface area contributed by atoms with Crippen LogP contribution in [0.2, 0.25) is 0 Å². The van der Waals surface area contributed by atoms with Crippen molar-refractivity contribution in [1.82, 2.24) is 0 Å². The van der Waals surface area contributed by atoms with Crippen molar-refractivity contribution in [3.8, 4) is 5.75 Å². The van der Waals surface area contributed by atoms with Crippen LogP contribution < -0.4 is 4.74 Å². The van der Waals surface area contributed by atoms with Crippen LogP contribution in [0.25, 0.3) is 0 Å². The fourth-order valence-electron chi connectivity index (χ4n) is 2.71. The molecule has 0 amide bonds. The molecule has 0 N–H and O–H groups in total. The number of hydrogen-bond acceptors (Lipinski definition) is 1. The lowest BCUT2D eigenvalue weighted by Crippen LogP contribution is -2.16. The summed E-state index contributed by atoms with van der Waals surface area (Å²) in [6, 6.07) is 4.45. The number of allylic oxidation sites excluding steroid dienone is 2. The maximum absolute atomic E-state index is 6.01. The molecule has 0 bridgehead atoms. The van der Waals surface area contributed by atoms with Gasteiger partial charge in [0.15, 0.2) is 0 Å². The third kappa shape index (κ3) is 1.31. The zero-order valence-corrected chi connectivity index (χ0v) is 9.95. The summed E-state index contributed by atoms with van der Waals surface area (Å²) in [6.07, 6.45) is 6.85. The van der Waals surface area contributed by atoms with Crippen LogP contribution in [0.4, 0.5) is 0 Å². The van der Waals surface area contributed by atoms with Crippen molar-refractivity contribution in [2.75, 3.05) is 0 Å². The molecule has 1 aliphatic carbocycles. The Morgan fingerprint density at radius 3 is 2.75 bits per heavy atom. The minimum absolute atomic E-state index is 0.208. The smallest absolute Gasteiger partial charge is 0.128 e. The van der Waals surface area contributed by atoms with Gasteiger partial charge in [-0.1, -0.05) is 35.4 Å². The second-order valence-corrected chi connectivity index (χ2v) is 4.88. The Morgan fingerprint density at radius 1 is 1.12 bits per heavy atom. The minimum Gasteiger partial charge on any atom is -0.485 e. The molecule has 0 spiro atoms. The lowest BCUT2D eigenvalue weighted by atomic mass is 9.88. The minimum atomic E-state index is 0.208. The van der Waals surface area contributed by atoms with E-state index in [9.17, 15) is 0 Å². The Morgan fingerprint density at radius 2 is 1.94 bits per heavy atom. The molecule has 2 unspecified atom stereocenters. The number of benzene rings is 1. The maximum atomic E-state index is 6.01. The molecule has 1 aliphatic heterocycles. The fourth-order valence-corrected chi connectivity index (χ4v) is 2.71. The number of rotatable bonds is 0. The molecule has 2 aliphatic rings. The van der Waals surface area contributed by atoms with E-state index in [0.717, 1.165) is 5.75 Å². The monoisotopic (exact) mass is 212 g/mol. The summed E-state index contributed by atoms with van der Waals surface area (Å²) in [5.41, 5.74) is 5.26. The van der Waals surface area contributed by atoms with Crippen LogP contribution in [-0.4, -0.2) is 6.10 Å². The van der Waals surface area contributed by atoms with E-state index < -0.39 is 0 Å². The molecule has 16 heavy (non-hydrogen) atoms. The van der Waals surface area contributed by atoms with Gasteiger partial charge in [0.25, 0.3) is 0 Å². The van der Waals surface area contributed by atoms with Crippen molar-refractivity contribution in [1.29, 1.82) is 0 Å². The molecule has 1 nitrogen and oxygen atoms in total. The van der Waals surface area contributed by atoms with Crippen LogP contribution in [-0.2, 0) is 0 Å².